The number of ether oxygens (including phenoxy) is 2. The summed E-state index contributed by atoms with van der Waals surface area (Å²) in [4.78, 5) is 15.7. The number of fused-ring (bicyclic) bond motifs is 3. The van der Waals surface area contributed by atoms with Gasteiger partial charge in [0.25, 0.3) is 0 Å². The Morgan fingerprint density at radius 1 is 1.18 bits per heavy atom. The van der Waals surface area contributed by atoms with E-state index >= 15 is 0 Å². The van der Waals surface area contributed by atoms with Gasteiger partial charge in [0.15, 0.2) is 0 Å². The van der Waals surface area contributed by atoms with Crippen LogP contribution in [0.4, 0.5) is 0 Å². The van der Waals surface area contributed by atoms with Crippen molar-refractivity contribution in [1.82, 2.24) is 10.2 Å². The van der Waals surface area contributed by atoms with E-state index in [9.17, 15) is 20.1 Å². The van der Waals surface area contributed by atoms with Crippen LogP contribution < -0.4 is 5.32 Å². The fourth-order valence-corrected chi connectivity index (χ4v) is 7.25. The normalized spacial score (nSPS) is 44.8. The minimum absolute atomic E-state index is 0.131. The number of likely N-dealkylation sites (tertiary alicyclic amines) is 1. The predicted octanol–water partition coefficient (Wildman–Crippen LogP) is 1.13. The van der Waals surface area contributed by atoms with Crippen LogP contribution in [0.2, 0.25) is 0 Å². The minimum Gasteiger partial charge on any atom is -0.388 e. The largest absolute Gasteiger partial charge is 0.388 e. The molecule has 0 saturated carbocycles. The van der Waals surface area contributed by atoms with Gasteiger partial charge in [0.05, 0.1) is 12.1 Å². The monoisotopic (exact) mass is 498 g/mol. The highest BCUT2D eigenvalue weighted by molar-refractivity contribution is 7.99. The lowest BCUT2D eigenvalue weighted by atomic mass is 9.85. The summed E-state index contributed by atoms with van der Waals surface area (Å²) in [5.41, 5.74) is -0.643. The smallest absolute Gasteiger partial charge is 0.240 e. The van der Waals surface area contributed by atoms with Gasteiger partial charge in [-0.25, -0.2) is 0 Å². The van der Waals surface area contributed by atoms with Crippen LogP contribution in [0.15, 0.2) is 12.2 Å². The molecule has 4 aliphatic heterocycles. The Bertz CT molecular complexity index is 724. The Balaban J connectivity index is 1.48. The molecule has 0 spiro atoms. The quantitative estimate of drug-likeness (QED) is 0.427. The zero-order chi connectivity index (χ0) is 24.4. The summed E-state index contributed by atoms with van der Waals surface area (Å²) < 4.78 is 12.3. The van der Waals surface area contributed by atoms with Crippen LogP contribution in [-0.2, 0) is 14.3 Å². The molecular weight excluding hydrogens is 456 g/mol. The summed E-state index contributed by atoms with van der Waals surface area (Å²) >= 11 is 1.42. The Hall–Kier alpha value is -0.680. The number of aliphatic hydroxyl groups excluding tert-OH is 3. The summed E-state index contributed by atoms with van der Waals surface area (Å²) in [7, 11) is 1.98. The molecule has 0 aromatic carbocycles. The molecule has 194 valence electrons. The van der Waals surface area contributed by atoms with Gasteiger partial charge in [-0.3, -0.25) is 9.69 Å². The second-order valence-corrected chi connectivity index (χ2v) is 12.1. The molecule has 1 amide bonds. The number of nitrogens with zero attached hydrogens (tertiary/aromatic N) is 1. The maximum atomic E-state index is 13.6. The van der Waals surface area contributed by atoms with Gasteiger partial charge in [-0.15, -0.1) is 11.8 Å². The third kappa shape index (κ3) is 5.82. The highest BCUT2D eigenvalue weighted by Crippen LogP contribution is 2.37. The number of likely N-dealkylation sites (N-methyl/N-ethyl adjacent to an activating group) is 1. The van der Waals surface area contributed by atoms with Gasteiger partial charge in [-0.05, 0) is 56.7 Å². The van der Waals surface area contributed by atoms with E-state index in [4.69, 9.17) is 9.47 Å². The van der Waals surface area contributed by atoms with E-state index in [2.05, 4.69) is 30.1 Å². The fraction of sp³-hybridized carbons (Fsp3) is 0.880. The molecule has 2 bridgehead atoms. The van der Waals surface area contributed by atoms with E-state index in [1.807, 2.05) is 13.1 Å². The van der Waals surface area contributed by atoms with E-state index in [1.54, 1.807) is 0 Å². The van der Waals surface area contributed by atoms with Crippen molar-refractivity contribution >= 4 is 17.7 Å². The average molecular weight is 499 g/mol. The molecule has 10 atom stereocenters. The minimum atomic E-state index is -1.32. The molecule has 9 heteroatoms. The van der Waals surface area contributed by atoms with Gasteiger partial charge in [-0.2, -0.15) is 0 Å². The predicted molar refractivity (Wildman–Crippen MR) is 131 cm³/mol. The van der Waals surface area contributed by atoms with Gasteiger partial charge in [0, 0.05) is 19.1 Å². The lowest BCUT2D eigenvalue weighted by Crippen LogP contribution is -2.63. The van der Waals surface area contributed by atoms with E-state index in [0.717, 1.165) is 31.6 Å². The molecule has 0 radical (unpaired) electrons. The first-order valence-electron chi connectivity index (χ1n) is 12.8. The molecule has 0 aromatic rings. The Labute approximate surface area is 207 Å². The third-order valence-electron chi connectivity index (χ3n) is 7.77. The molecule has 3 saturated heterocycles. The molecule has 4 N–H and O–H groups in total. The fourth-order valence-electron chi connectivity index (χ4n) is 6.18. The number of thioether (sulfide) groups is 1. The van der Waals surface area contributed by atoms with Crippen molar-refractivity contribution in [3.05, 3.63) is 12.2 Å². The number of rotatable bonds is 4. The van der Waals surface area contributed by atoms with E-state index < -0.39 is 41.9 Å². The number of hydrogen-bond acceptors (Lipinski definition) is 8. The molecule has 6 unspecified atom stereocenters. The SMILES string of the molecule is CC(C)C[C@@H]1CCO[C@H]2C(C(=O)N[C@@H]3C/C=C\CCSC4OC3C(O)C(O)C4O)N(C)C[C@@H]2C1. The topological polar surface area (TPSA) is 111 Å². The van der Waals surface area contributed by atoms with Crippen molar-refractivity contribution in [1.29, 1.82) is 0 Å². The molecule has 0 aliphatic carbocycles. The molecule has 4 aliphatic rings. The van der Waals surface area contributed by atoms with Crippen molar-refractivity contribution in [2.24, 2.45) is 17.8 Å². The van der Waals surface area contributed by atoms with Crippen LogP contribution in [-0.4, -0.2) is 100 Å². The number of aliphatic hydroxyl groups is 3. The lowest BCUT2D eigenvalue weighted by molar-refractivity contribution is -0.205. The van der Waals surface area contributed by atoms with E-state index in [1.165, 1.54) is 18.2 Å². The van der Waals surface area contributed by atoms with Crippen molar-refractivity contribution in [3.8, 4) is 0 Å². The number of carbonyl (C=O) groups is 1. The second-order valence-electron chi connectivity index (χ2n) is 10.9. The average Bonchev–Trinajstić information content (AvgIpc) is 2.96. The van der Waals surface area contributed by atoms with Gasteiger partial charge < -0.3 is 30.1 Å². The molecule has 4 rings (SSSR count). The zero-order valence-electron chi connectivity index (χ0n) is 20.6. The van der Waals surface area contributed by atoms with E-state index in [-0.39, 0.29) is 12.0 Å². The molecule has 3 fully saturated rings. The lowest BCUT2D eigenvalue weighted by Gasteiger charge is -2.44. The first kappa shape index (κ1) is 26.4. The molecule has 8 nitrogen and oxygen atoms in total. The van der Waals surface area contributed by atoms with Gasteiger partial charge in [0.2, 0.25) is 5.91 Å². The van der Waals surface area contributed by atoms with Crippen LogP contribution >= 0.6 is 11.8 Å². The van der Waals surface area contributed by atoms with Crippen LogP contribution in [0.3, 0.4) is 0 Å². The third-order valence-corrected chi connectivity index (χ3v) is 8.96. The van der Waals surface area contributed by atoms with Crippen molar-refractivity contribution < 1.29 is 29.6 Å². The second kappa shape index (κ2) is 11.6. The highest BCUT2D eigenvalue weighted by atomic mass is 32.2. The first-order valence-corrected chi connectivity index (χ1v) is 13.9. The molecular formula is C25H42N2O6S. The standard InChI is InChI=1S/C25H42N2O6S/c1-14(2)11-15-8-9-32-22-16(12-15)13-27(3)18(22)24(31)26-17-7-5-4-6-10-34-25-21(30)19(28)20(29)23(17)33-25/h4-5,14-23,25,28-30H,6-13H2,1-3H3,(H,26,31)/b5-4-/t15-,16-,17+,18?,19?,20?,21?,22+,23?,25?/m0/s1. The number of allylic oxidation sites excluding steroid dienone is 1. The maximum absolute atomic E-state index is 13.6. The molecule has 34 heavy (non-hydrogen) atoms. The summed E-state index contributed by atoms with van der Waals surface area (Å²) in [5.74, 6) is 2.22. The Kier molecular flexibility index (Phi) is 8.99. The maximum Gasteiger partial charge on any atom is 0.240 e. The number of amides is 1. The van der Waals surface area contributed by atoms with Crippen molar-refractivity contribution in [2.45, 2.75) is 94.0 Å². The van der Waals surface area contributed by atoms with Gasteiger partial charge in [0.1, 0.15) is 35.9 Å². The zero-order valence-corrected chi connectivity index (χ0v) is 21.4. The molecule has 0 aromatic heterocycles. The number of nitrogens with one attached hydrogen (secondary N) is 1. The Morgan fingerprint density at radius 2 is 1.97 bits per heavy atom. The van der Waals surface area contributed by atoms with E-state index in [0.29, 0.717) is 30.8 Å². The summed E-state index contributed by atoms with van der Waals surface area (Å²) in [6.45, 7) is 6.02. The van der Waals surface area contributed by atoms with Gasteiger partial charge >= 0.3 is 0 Å². The van der Waals surface area contributed by atoms with Crippen LogP contribution in [0.5, 0.6) is 0 Å². The molecule has 4 heterocycles. The summed E-state index contributed by atoms with van der Waals surface area (Å²) in [6.07, 6.45) is 3.92. The summed E-state index contributed by atoms with van der Waals surface area (Å²) in [5, 5.41) is 34.7. The van der Waals surface area contributed by atoms with Crippen molar-refractivity contribution in [2.75, 3.05) is 26.0 Å². The Morgan fingerprint density at radius 3 is 2.74 bits per heavy atom. The van der Waals surface area contributed by atoms with Crippen LogP contribution in [0, 0.1) is 17.8 Å². The van der Waals surface area contributed by atoms with Crippen LogP contribution in [0.25, 0.3) is 0 Å². The number of carbonyl (C=O) groups excluding carboxylic acids is 1. The number of hydrogen-bond donors (Lipinski definition) is 4. The van der Waals surface area contributed by atoms with Crippen molar-refractivity contribution in [3.63, 3.8) is 0 Å². The summed E-state index contributed by atoms with van der Waals surface area (Å²) in [6, 6.07) is -0.919. The first-order chi connectivity index (χ1) is 16.3. The van der Waals surface area contributed by atoms with Gasteiger partial charge in [-0.1, -0.05) is 26.0 Å². The van der Waals surface area contributed by atoms with Crippen LogP contribution in [0.1, 0.15) is 46.0 Å². The highest BCUT2D eigenvalue weighted by Gasteiger charge is 2.50.